The van der Waals surface area contributed by atoms with Crippen molar-refractivity contribution in [2.75, 3.05) is 0 Å². The van der Waals surface area contributed by atoms with Crippen LogP contribution in [0.15, 0.2) is 85.0 Å². The third kappa shape index (κ3) is 5.96. The molecule has 38 heavy (non-hydrogen) atoms. The summed E-state index contributed by atoms with van der Waals surface area (Å²) in [7, 11) is 0. The molecule has 0 N–H and O–H groups in total. The predicted octanol–water partition coefficient (Wildman–Crippen LogP) is 7.92. The summed E-state index contributed by atoms with van der Waals surface area (Å²) < 4.78 is 10.9. The highest BCUT2D eigenvalue weighted by molar-refractivity contribution is 5.89. The van der Waals surface area contributed by atoms with Crippen molar-refractivity contribution < 1.29 is 19.1 Å². The largest absolute Gasteiger partial charge is 0.423 e. The van der Waals surface area contributed by atoms with E-state index in [9.17, 15) is 9.59 Å². The Balaban J connectivity index is 1.85. The van der Waals surface area contributed by atoms with Crippen LogP contribution in [-0.2, 0) is 20.4 Å². The van der Waals surface area contributed by atoms with Gasteiger partial charge in [-0.05, 0) is 73.2 Å². The molecule has 0 heterocycles. The van der Waals surface area contributed by atoms with E-state index in [0.717, 1.165) is 22.3 Å². The number of carbonyl (C=O) groups excluding carboxylic acids is 2. The average Bonchev–Trinajstić information content (AvgIpc) is 2.86. The lowest BCUT2D eigenvalue weighted by molar-refractivity contribution is -0.131. The van der Waals surface area contributed by atoms with E-state index in [-0.39, 0.29) is 10.8 Å². The fourth-order valence-electron chi connectivity index (χ4n) is 4.32. The lowest BCUT2D eigenvalue weighted by Crippen LogP contribution is -2.22. The Morgan fingerprint density at radius 1 is 0.579 bits per heavy atom. The molecule has 0 fully saturated rings. The SMILES string of the molecule is C=C(C)C(=O)Oc1ccc(C(C)(C)c2ccc(C(C)(C)c3ccc(OC(=O)C(=C)C)c(C)c3)cc2)cc1C. The summed E-state index contributed by atoms with van der Waals surface area (Å²) in [5.74, 6) is 0.253. The van der Waals surface area contributed by atoms with Crippen LogP contribution in [0.4, 0.5) is 0 Å². The van der Waals surface area contributed by atoms with Gasteiger partial charge in [-0.3, -0.25) is 0 Å². The van der Waals surface area contributed by atoms with Gasteiger partial charge in [-0.15, -0.1) is 0 Å². The van der Waals surface area contributed by atoms with Crippen molar-refractivity contribution >= 4 is 11.9 Å². The Hall–Kier alpha value is -3.92. The first kappa shape index (κ1) is 28.6. The van der Waals surface area contributed by atoms with E-state index in [4.69, 9.17) is 9.47 Å². The molecule has 0 aliphatic heterocycles. The molecule has 0 saturated heterocycles. The molecule has 0 radical (unpaired) electrons. The average molecular weight is 511 g/mol. The summed E-state index contributed by atoms with van der Waals surface area (Å²) in [6.07, 6.45) is 0. The van der Waals surface area contributed by atoms with Gasteiger partial charge in [-0.25, -0.2) is 9.59 Å². The predicted molar refractivity (Wildman–Crippen MR) is 154 cm³/mol. The van der Waals surface area contributed by atoms with E-state index in [1.165, 1.54) is 11.1 Å². The Labute approximate surface area is 227 Å². The smallest absolute Gasteiger partial charge is 0.338 e. The van der Waals surface area contributed by atoms with Gasteiger partial charge in [0.15, 0.2) is 0 Å². The summed E-state index contributed by atoms with van der Waals surface area (Å²) in [5.41, 5.74) is 6.66. The Morgan fingerprint density at radius 2 is 0.868 bits per heavy atom. The van der Waals surface area contributed by atoms with Crippen LogP contribution in [0.2, 0.25) is 0 Å². The van der Waals surface area contributed by atoms with Crippen LogP contribution in [0.5, 0.6) is 11.5 Å². The van der Waals surface area contributed by atoms with Gasteiger partial charge in [0, 0.05) is 22.0 Å². The number of hydrogen-bond acceptors (Lipinski definition) is 4. The minimum Gasteiger partial charge on any atom is -0.423 e. The van der Waals surface area contributed by atoms with Gasteiger partial charge in [0.05, 0.1) is 0 Å². The Kier molecular flexibility index (Phi) is 8.16. The van der Waals surface area contributed by atoms with Crippen molar-refractivity contribution in [2.45, 2.75) is 66.2 Å². The molecule has 3 rings (SSSR count). The van der Waals surface area contributed by atoms with E-state index in [1.807, 2.05) is 38.1 Å². The van der Waals surface area contributed by atoms with Crippen LogP contribution in [0.1, 0.15) is 74.9 Å². The van der Waals surface area contributed by atoms with E-state index < -0.39 is 11.9 Å². The maximum atomic E-state index is 11.9. The maximum absolute atomic E-state index is 11.9. The molecule has 0 spiro atoms. The summed E-state index contributed by atoms with van der Waals surface area (Å²) in [5, 5.41) is 0. The molecule has 3 aromatic rings. The monoisotopic (exact) mass is 510 g/mol. The molecule has 4 nitrogen and oxygen atoms in total. The zero-order valence-electron chi connectivity index (χ0n) is 23.8. The number of esters is 2. The lowest BCUT2D eigenvalue weighted by atomic mass is 9.74. The van der Waals surface area contributed by atoms with Gasteiger partial charge in [0.1, 0.15) is 11.5 Å². The molecular formula is C34H38O4. The van der Waals surface area contributed by atoms with Gasteiger partial charge >= 0.3 is 11.9 Å². The van der Waals surface area contributed by atoms with Crippen molar-refractivity contribution in [2.24, 2.45) is 0 Å². The van der Waals surface area contributed by atoms with Crippen LogP contribution in [-0.4, -0.2) is 11.9 Å². The number of aryl methyl sites for hydroxylation is 2. The Morgan fingerprint density at radius 3 is 1.13 bits per heavy atom. The number of benzene rings is 3. The first-order chi connectivity index (χ1) is 17.6. The molecule has 0 aliphatic rings. The molecule has 198 valence electrons. The van der Waals surface area contributed by atoms with Crippen LogP contribution < -0.4 is 9.47 Å². The molecule has 0 amide bonds. The molecule has 0 aliphatic carbocycles. The normalized spacial score (nSPS) is 11.6. The molecule has 4 heteroatoms. The van der Waals surface area contributed by atoms with Gasteiger partial charge < -0.3 is 9.47 Å². The maximum Gasteiger partial charge on any atom is 0.338 e. The van der Waals surface area contributed by atoms with Crippen LogP contribution >= 0.6 is 0 Å². The first-order valence-corrected chi connectivity index (χ1v) is 12.7. The van der Waals surface area contributed by atoms with Crippen LogP contribution in [0.3, 0.4) is 0 Å². The minimum atomic E-state index is -0.420. The molecule has 0 aromatic heterocycles. The van der Waals surface area contributed by atoms with Gasteiger partial charge in [0.2, 0.25) is 0 Å². The summed E-state index contributed by atoms with van der Waals surface area (Å²) in [4.78, 5) is 23.9. The number of hydrogen-bond donors (Lipinski definition) is 0. The van der Waals surface area contributed by atoms with Crippen LogP contribution in [0, 0.1) is 13.8 Å². The number of carbonyl (C=O) groups is 2. The van der Waals surface area contributed by atoms with Crippen molar-refractivity contribution in [1.29, 1.82) is 0 Å². The fourth-order valence-corrected chi connectivity index (χ4v) is 4.32. The highest BCUT2D eigenvalue weighted by Crippen LogP contribution is 2.38. The quantitative estimate of drug-likeness (QED) is 0.175. The second kappa shape index (κ2) is 10.8. The first-order valence-electron chi connectivity index (χ1n) is 12.7. The van der Waals surface area contributed by atoms with Crippen molar-refractivity contribution in [3.05, 3.63) is 118 Å². The molecule has 0 bridgehead atoms. The topological polar surface area (TPSA) is 52.6 Å². The van der Waals surface area contributed by atoms with Crippen molar-refractivity contribution in [3.63, 3.8) is 0 Å². The van der Waals surface area contributed by atoms with Gasteiger partial charge in [-0.1, -0.05) is 89.4 Å². The second-order valence-electron chi connectivity index (χ2n) is 11.1. The number of ether oxygens (including phenoxy) is 2. The van der Waals surface area contributed by atoms with E-state index >= 15 is 0 Å². The minimum absolute atomic E-state index is 0.254. The highest BCUT2D eigenvalue weighted by Gasteiger charge is 2.27. The molecule has 0 saturated carbocycles. The Bertz CT molecular complexity index is 1300. The van der Waals surface area contributed by atoms with Crippen molar-refractivity contribution in [1.82, 2.24) is 0 Å². The third-order valence-corrected chi connectivity index (χ3v) is 7.22. The standard InChI is InChI=1S/C34H38O4/c1-21(2)31(35)37-29-17-15-27(19-23(29)5)33(7,8)25-11-13-26(14-12-25)34(9,10)28-16-18-30(24(6)20-28)38-32(36)22(3)4/h11-20H,1,3H2,2,4-10H3. The zero-order valence-corrected chi connectivity index (χ0v) is 23.8. The van der Waals surface area contributed by atoms with Gasteiger partial charge in [-0.2, -0.15) is 0 Å². The zero-order chi connectivity index (χ0) is 28.4. The molecule has 3 aromatic carbocycles. The third-order valence-electron chi connectivity index (χ3n) is 7.22. The van der Waals surface area contributed by atoms with E-state index in [1.54, 1.807) is 13.8 Å². The summed E-state index contributed by atoms with van der Waals surface area (Å²) >= 11 is 0. The second-order valence-corrected chi connectivity index (χ2v) is 11.1. The van der Waals surface area contributed by atoms with Crippen LogP contribution in [0.25, 0.3) is 0 Å². The molecule has 0 atom stereocenters. The molecule has 0 unspecified atom stereocenters. The highest BCUT2D eigenvalue weighted by atomic mass is 16.5. The van der Waals surface area contributed by atoms with E-state index in [0.29, 0.717) is 22.6 Å². The van der Waals surface area contributed by atoms with Gasteiger partial charge in [0.25, 0.3) is 0 Å². The summed E-state index contributed by atoms with van der Waals surface area (Å²) in [6.45, 7) is 23.2. The fraction of sp³-hybridized carbons (Fsp3) is 0.294. The summed E-state index contributed by atoms with van der Waals surface area (Å²) in [6, 6.07) is 20.6. The van der Waals surface area contributed by atoms with E-state index in [2.05, 4.69) is 77.3 Å². The number of rotatable bonds is 8. The molecular weight excluding hydrogens is 472 g/mol. The van der Waals surface area contributed by atoms with Crippen molar-refractivity contribution in [3.8, 4) is 11.5 Å². The lowest BCUT2D eigenvalue weighted by Gasteiger charge is -2.30.